The molecule has 0 atom stereocenters. The van der Waals surface area contributed by atoms with E-state index >= 15 is 0 Å². The van der Waals surface area contributed by atoms with Crippen molar-refractivity contribution < 1.29 is 17.9 Å². The normalized spacial score (nSPS) is 13.4. The molecule has 0 fully saturated rings. The van der Waals surface area contributed by atoms with Gasteiger partial charge in [-0.15, -0.1) is 0 Å². The molecule has 27 heavy (non-hydrogen) atoms. The molecule has 0 bridgehead atoms. The van der Waals surface area contributed by atoms with E-state index in [9.17, 15) is 13.2 Å². The number of hydrogen-bond acceptors (Lipinski definition) is 6. The summed E-state index contributed by atoms with van der Waals surface area (Å²) in [5.41, 5.74) is 1.53. The van der Waals surface area contributed by atoms with E-state index in [0.29, 0.717) is 22.7 Å². The second-order valence-corrected chi connectivity index (χ2v) is 8.92. The van der Waals surface area contributed by atoms with Crippen molar-refractivity contribution in [3.63, 3.8) is 0 Å². The number of hydrogen-bond donors (Lipinski definition) is 1. The van der Waals surface area contributed by atoms with Crippen molar-refractivity contribution in [2.75, 3.05) is 6.79 Å². The predicted molar refractivity (Wildman–Crippen MR) is 103 cm³/mol. The van der Waals surface area contributed by atoms with Crippen LogP contribution in [0.1, 0.15) is 18.9 Å². The summed E-state index contributed by atoms with van der Waals surface area (Å²) in [7, 11) is -3.71. The highest BCUT2D eigenvalue weighted by molar-refractivity contribution is 7.89. The molecule has 2 heterocycles. The monoisotopic (exact) mass is 406 g/mol. The summed E-state index contributed by atoms with van der Waals surface area (Å²) in [6, 6.07) is 10.1. The zero-order valence-corrected chi connectivity index (χ0v) is 16.2. The Morgan fingerprint density at radius 2 is 1.96 bits per heavy atom. The Bertz CT molecular complexity index is 1160. The molecule has 1 aliphatic rings. The highest BCUT2D eigenvalue weighted by Crippen LogP contribution is 2.32. The van der Waals surface area contributed by atoms with Gasteiger partial charge in [-0.05, 0) is 42.3 Å². The third-order valence-electron chi connectivity index (χ3n) is 4.30. The second kappa shape index (κ2) is 6.99. The first-order chi connectivity index (χ1) is 13.0. The summed E-state index contributed by atoms with van der Waals surface area (Å²) in [5, 5.41) is 0. The minimum atomic E-state index is -3.71. The lowest BCUT2D eigenvalue weighted by Crippen LogP contribution is -2.23. The van der Waals surface area contributed by atoms with Gasteiger partial charge in [0.15, 0.2) is 11.5 Å². The third kappa shape index (κ3) is 3.45. The topological polar surface area (TPSA) is 86.6 Å². The number of nitrogens with one attached hydrogen (secondary N) is 1. The van der Waals surface area contributed by atoms with Crippen LogP contribution in [0.4, 0.5) is 0 Å². The third-order valence-corrected chi connectivity index (χ3v) is 6.64. The Hall–Kier alpha value is -2.36. The number of aryl methyl sites for hydroxylation is 1. The fourth-order valence-electron chi connectivity index (χ4n) is 2.96. The molecule has 9 heteroatoms. The average molecular weight is 406 g/mol. The van der Waals surface area contributed by atoms with Gasteiger partial charge in [0.1, 0.15) is 0 Å². The minimum Gasteiger partial charge on any atom is -0.454 e. The fraction of sp³-hybridized carbons (Fsp3) is 0.278. The van der Waals surface area contributed by atoms with Crippen LogP contribution in [0, 0.1) is 0 Å². The summed E-state index contributed by atoms with van der Waals surface area (Å²) in [6.07, 6.45) is 0.836. The van der Waals surface area contributed by atoms with Crippen LogP contribution in [0.25, 0.3) is 10.2 Å². The number of thiazole rings is 1. The Kier molecular flexibility index (Phi) is 4.67. The van der Waals surface area contributed by atoms with Gasteiger partial charge in [-0.25, -0.2) is 13.1 Å². The van der Waals surface area contributed by atoms with E-state index in [1.54, 1.807) is 34.9 Å². The SMILES string of the molecule is CCCn1c(=O)sc2cc(S(=O)(=O)NCc3ccc4c(c3)OCO4)ccc21. The molecule has 0 saturated heterocycles. The highest BCUT2D eigenvalue weighted by atomic mass is 32.2. The van der Waals surface area contributed by atoms with Crippen LogP contribution in [0.3, 0.4) is 0 Å². The van der Waals surface area contributed by atoms with Crippen LogP contribution >= 0.6 is 11.3 Å². The van der Waals surface area contributed by atoms with Gasteiger partial charge in [0, 0.05) is 13.1 Å². The Balaban J connectivity index is 1.57. The molecule has 0 spiro atoms. The summed E-state index contributed by atoms with van der Waals surface area (Å²) >= 11 is 1.06. The summed E-state index contributed by atoms with van der Waals surface area (Å²) < 4.78 is 40.8. The van der Waals surface area contributed by atoms with Crippen molar-refractivity contribution >= 4 is 31.6 Å². The molecule has 1 aliphatic heterocycles. The van der Waals surface area contributed by atoms with Crippen LogP contribution in [-0.4, -0.2) is 19.8 Å². The molecule has 2 aromatic carbocycles. The molecule has 7 nitrogen and oxygen atoms in total. The Morgan fingerprint density at radius 3 is 2.78 bits per heavy atom. The maximum absolute atomic E-state index is 12.7. The van der Waals surface area contributed by atoms with Gasteiger partial charge < -0.3 is 9.47 Å². The lowest BCUT2D eigenvalue weighted by molar-refractivity contribution is 0.174. The zero-order chi connectivity index (χ0) is 19.0. The van der Waals surface area contributed by atoms with E-state index < -0.39 is 10.0 Å². The molecular formula is C18H18N2O5S2. The van der Waals surface area contributed by atoms with Crippen LogP contribution < -0.4 is 19.1 Å². The van der Waals surface area contributed by atoms with Gasteiger partial charge in [0.05, 0.1) is 15.1 Å². The standard InChI is InChI=1S/C18H18N2O5S2/c1-2-7-20-14-5-4-13(9-17(14)26-18(20)21)27(22,23)19-10-12-3-6-15-16(8-12)25-11-24-15/h3-6,8-9,19H,2,7,10-11H2,1H3. The predicted octanol–water partition coefficient (Wildman–Crippen LogP) is 2.68. The van der Waals surface area contributed by atoms with Gasteiger partial charge in [-0.2, -0.15) is 0 Å². The molecule has 0 amide bonds. The quantitative estimate of drug-likeness (QED) is 0.680. The van der Waals surface area contributed by atoms with E-state index in [1.165, 1.54) is 6.07 Å². The van der Waals surface area contributed by atoms with E-state index in [4.69, 9.17) is 9.47 Å². The molecule has 0 unspecified atom stereocenters. The van der Waals surface area contributed by atoms with Crippen molar-refractivity contribution in [2.24, 2.45) is 0 Å². The lowest BCUT2D eigenvalue weighted by Gasteiger charge is -2.08. The fourth-order valence-corrected chi connectivity index (χ4v) is 5.04. The summed E-state index contributed by atoms with van der Waals surface area (Å²) in [4.78, 5) is 12.2. The molecule has 142 valence electrons. The van der Waals surface area contributed by atoms with Gasteiger partial charge in [-0.1, -0.05) is 24.3 Å². The van der Waals surface area contributed by atoms with Crippen LogP contribution in [0.2, 0.25) is 0 Å². The van der Waals surface area contributed by atoms with Crippen molar-refractivity contribution in [3.05, 3.63) is 51.6 Å². The van der Waals surface area contributed by atoms with Crippen molar-refractivity contribution in [1.29, 1.82) is 0 Å². The molecular weight excluding hydrogens is 388 g/mol. The number of rotatable bonds is 6. The minimum absolute atomic E-state index is 0.0743. The molecule has 3 aromatic rings. The highest BCUT2D eigenvalue weighted by Gasteiger charge is 2.18. The van der Waals surface area contributed by atoms with Crippen molar-refractivity contribution in [2.45, 2.75) is 31.3 Å². The molecule has 4 rings (SSSR count). The number of ether oxygens (including phenoxy) is 2. The van der Waals surface area contributed by atoms with Gasteiger partial charge in [-0.3, -0.25) is 9.36 Å². The zero-order valence-electron chi connectivity index (χ0n) is 14.6. The van der Waals surface area contributed by atoms with Crippen LogP contribution in [0.5, 0.6) is 11.5 Å². The van der Waals surface area contributed by atoms with Crippen LogP contribution in [-0.2, 0) is 23.1 Å². The average Bonchev–Trinajstić information content (AvgIpc) is 3.24. The summed E-state index contributed by atoms with van der Waals surface area (Å²) in [6.45, 7) is 2.91. The van der Waals surface area contributed by atoms with Gasteiger partial charge in [0.25, 0.3) is 0 Å². The first-order valence-electron chi connectivity index (χ1n) is 8.49. The van der Waals surface area contributed by atoms with E-state index in [-0.39, 0.29) is 23.1 Å². The Morgan fingerprint density at radius 1 is 1.15 bits per heavy atom. The number of sulfonamides is 1. The smallest absolute Gasteiger partial charge is 0.308 e. The van der Waals surface area contributed by atoms with Gasteiger partial charge >= 0.3 is 4.87 Å². The number of fused-ring (bicyclic) bond motifs is 2. The first-order valence-corrected chi connectivity index (χ1v) is 10.8. The maximum Gasteiger partial charge on any atom is 0.308 e. The molecule has 0 aliphatic carbocycles. The van der Waals surface area contributed by atoms with Crippen LogP contribution in [0.15, 0.2) is 46.1 Å². The van der Waals surface area contributed by atoms with Crippen molar-refractivity contribution in [1.82, 2.24) is 9.29 Å². The number of benzene rings is 2. The van der Waals surface area contributed by atoms with E-state index in [2.05, 4.69) is 4.72 Å². The largest absolute Gasteiger partial charge is 0.454 e. The summed E-state index contributed by atoms with van der Waals surface area (Å²) in [5.74, 6) is 1.26. The van der Waals surface area contributed by atoms with E-state index in [0.717, 1.165) is 28.8 Å². The molecule has 0 saturated carbocycles. The molecule has 0 radical (unpaired) electrons. The van der Waals surface area contributed by atoms with Crippen molar-refractivity contribution in [3.8, 4) is 11.5 Å². The van der Waals surface area contributed by atoms with Gasteiger partial charge in [0.2, 0.25) is 16.8 Å². The molecule has 1 N–H and O–H groups in total. The number of aromatic nitrogens is 1. The second-order valence-electron chi connectivity index (χ2n) is 6.16. The van der Waals surface area contributed by atoms with E-state index in [1.807, 2.05) is 6.92 Å². The Labute approximate surface area is 160 Å². The lowest BCUT2D eigenvalue weighted by atomic mass is 10.2. The maximum atomic E-state index is 12.7. The first kappa shape index (κ1) is 18.0. The number of nitrogens with zero attached hydrogens (tertiary/aromatic N) is 1. The molecule has 1 aromatic heterocycles.